The number of benzene rings is 2. The number of rotatable bonds is 6. The maximum Gasteiger partial charge on any atom is 0.294 e. The molecule has 0 radical (unpaired) electrons. The van der Waals surface area contributed by atoms with Crippen LogP contribution in [0.1, 0.15) is 39.5 Å². The molecule has 1 unspecified atom stereocenters. The number of hydrogen-bond acceptors (Lipinski definition) is 6. The second-order valence-electron chi connectivity index (χ2n) is 8.27. The van der Waals surface area contributed by atoms with Gasteiger partial charge in [-0.05, 0) is 48.7 Å². The molecule has 0 fully saturated rings. The van der Waals surface area contributed by atoms with Crippen molar-refractivity contribution < 1.29 is 14.7 Å². The second kappa shape index (κ2) is 9.27. The summed E-state index contributed by atoms with van der Waals surface area (Å²) in [7, 11) is 0. The van der Waals surface area contributed by atoms with Crippen LogP contribution >= 0.6 is 11.3 Å². The number of nitrogens with zero attached hydrogens (tertiary/aromatic N) is 3. The Labute approximate surface area is 207 Å². The molecule has 0 bridgehead atoms. The number of aromatic nitrogens is 2. The Bertz CT molecular complexity index is 1430. The molecule has 0 saturated heterocycles. The van der Waals surface area contributed by atoms with Crippen LogP contribution in [0, 0.1) is 6.92 Å². The van der Waals surface area contributed by atoms with E-state index >= 15 is 0 Å². The van der Waals surface area contributed by atoms with Gasteiger partial charge in [-0.1, -0.05) is 49.4 Å². The molecule has 0 saturated carbocycles. The van der Waals surface area contributed by atoms with Crippen LogP contribution in [0.2, 0.25) is 0 Å². The molecule has 2 aromatic carbocycles. The van der Waals surface area contributed by atoms with Crippen molar-refractivity contribution in [1.82, 2.24) is 9.97 Å². The lowest BCUT2D eigenvalue weighted by molar-refractivity contribution is -0.117. The van der Waals surface area contributed by atoms with E-state index in [4.69, 9.17) is 0 Å². The van der Waals surface area contributed by atoms with Crippen LogP contribution in [-0.2, 0) is 11.2 Å². The zero-order chi connectivity index (χ0) is 24.5. The first-order valence-electron chi connectivity index (χ1n) is 11.3. The molecule has 3 heterocycles. The van der Waals surface area contributed by atoms with Gasteiger partial charge in [0.15, 0.2) is 5.76 Å². The summed E-state index contributed by atoms with van der Waals surface area (Å²) in [5.74, 6) is -1.54. The fourth-order valence-corrected chi connectivity index (χ4v) is 5.32. The molecule has 174 valence electrons. The molecule has 2 aromatic heterocycles. The fraction of sp³-hybridized carbons (Fsp3) is 0.143. The SMILES string of the molecule is CCc1ccc(N2C(=O)C(O)=C(C(=O)c3sc(-c4ccccc4)nc3C)C2c2ccncc2)cc1. The minimum Gasteiger partial charge on any atom is -0.503 e. The fourth-order valence-electron chi connectivity index (χ4n) is 4.29. The Balaban J connectivity index is 1.61. The molecule has 4 aromatic rings. The summed E-state index contributed by atoms with van der Waals surface area (Å²) in [5, 5.41) is 11.7. The van der Waals surface area contributed by atoms with E-state index in [9.17, 15) is 14.7 Å². The first kappa shape index (κ1) is 22.7. The van der Waals surface area contributed by atoms with Crippen molar-refractivity contribution in [1.29, 1.82) is 0 Å². The molecule has 7 heteroatoms. The summed E-state index contributed by atoms with van der Waals surface area (Å²) in [5.41, 5.74) is 3.94. The van der Waals surface area contributed by atoms with Crippen LogP contribution in [0.5, 0.6) is 0 Å². The number of aryl methyl sites for hydroxylation is 2. The van der Waals surface area contributed by atoms with Crippen molar-refractivity contribution in [2.45, 2.75) is 26.3 Å². The number of anilines is 1. The van der Waals surface area contributed by atoms with Crippen molar-refractivity contribution in [3.05, 3.63) is 112 Å². The number of thiazole rings is 1. The van der Waals surface area contributed by atoms with Gasteiger partial charge in [-0.25, -0.2) is 4.98 Å². The zero-order valence-electron chi connectivity index (χ0n) is 19.3. The van der Waals surface area contributed by atoms with Gasteiger partial charge in [0, 0.05) is 23.6 Å². The van der Waals surface area contributed by atoms with E-state index < -0.39 is 23.5 Å². The van der Waals surface area contributed by atoms with Gasteiger partial charge in [-0.2, -0.15) is 0 Å². The smallest absolute Gasteiger partial charge is 0.294 e. The van der Waals surface area contributed by atoms with Gasteiger partial charge in [0.1, 0.15) is 5.01 Å². The first-order chi connectivity index (χ1) is 17.0. The number of carbonyl (C=O) groups excluding carboxylic acids is 2. The molecular formula is C28H23N3O3S. The highest BCUT2D eigenvalue weighted by molar-refractivity contribution is 7.17. The standard InChI is InChI=1S/C28H23N3O3S/c1-3-18-9-11-21(12-10-18)31-23(19-13-15-29-16-14-19)22(25(33)28(31)34)24(32)26-17(2)30-27(35-26)20-7-5-4-6-8-20/h4-16,23,33H,3H2,1-2H3. The minimum absolute atomic E-state index is 0.0483. The molecule has 5 rings (SSSR count). The van der Waals surface area contributed by atoms with E-state index in [2.05, 4.69) is 16.9 Å². The van der Waals surface area contributed by atoms with E-state index in [1.54, 1.807) is 31.5 Å². The summed E-state index contributed by atoms with van der Waals surface area (Å²) < 4.78 is 0. The van der Waals surface area contributed by atoms with E-state index in [1.807, 2.05) is 54.6 Å². The van der Waals surface area contributed by atoms with Gasteiger partial charge >= 0.3 is 0 Å². The summed E-state index contributed by atoms with van der Waals surface area (Å²) in [6.45, 7) is 3.83. The molecule has 0 aliphatic carbocycles. The lowest BCUT2D eigenvalue weighted by Crippen LogP contribution is -2.31. The third-order valence-corrected chi connectivity index (χ3v) is 7.33. The lowest BCUT2D eigenvalue weighted by atomic mass is 9.95. The summed E-state index contributed by atoms with van der Waals surface area (Å²) in [4.78, 5) is 37.8. The topological polar surface area (TPSA) is 83.4 Å². The third kappa shape index (κ3) is 4.04. The molecule has 1 aliphatic heterocycles. The molecule has 35 heavy (non-hydrogen) atoms. The maximum absolute atomic E-state index is 13.9. The van der Waals surface area contributed by atoms with Crippen LogP contribution in [0.3, 0.4) is 0 Å². The summed E-state index contributed by atoms with van der Waals surface area (Å²) in [6, 6.07) is 19.9. The molecule has 1 atom stereocenters. The second-order valence-corrected chi connectivity index (χ2v) is 9.27. The molecule has 6 nitrogen and oxygen atoms in total. The van der Waals surface area contributed by atoms with E-state index in [0.29, 0.717) is 26.8 Å². The quantitative estimate of drug-likeness (QED) is 0.349. The number of Topliss-reactive ketones (excluding diaryl/α,β-unsaturated/α-hetero) is 1. The van der Waals surface area contributed by atoms with Gasteiger partial charge in [0.05, 0.1) is 22.2 Å². The molecule has 1 amide bonds. The van der Waals surface area contributed by atoms with E-state index in [1.165, 1.54) is 16.2 Å². The van der Waals surface area contributed by atoms with Gasteiger partial charge < -0.3 is 5.11 Å². The van der Waals surface area contributed by atoms with E-state index in [0.717, 1.165) is 17.5 Å². The number of hydrogen-bond donors (Lipinski definition) is 1. The van der Waals surface area contributed by atoms with Gasteiger partial charge in [0.25, 0.3) is 5.91 Å². The van der Waals surface area contributed by atoms with Crippen LogP contribution in [0.15, 0.2) is 90.5 Å². The molecule has 1 aliphatic rings. The number of aliphatic hydroxyl groups is 1. The zero-order valence-corrected chi connectivity index (χ0v) is 20.1. The summed E-state index contributed by atoms with van der Waals surface area (Å²) in [6.07, 6.45) is 4.09. The number of ketones is 1. The Kier molecular flexibility index (Phi) is 6.01. The number of aliphatic hydroxyl groups excluding tert-OH is 1. The summed E-state index contributed by atoms with van der Waals surface area (Å²) >= 11 is 1.26. The Hall–Kier alpha value is -4.10. The predicted octanol–water partition coefficient (Wildman–Crippen LogP) is 5.86. The number of amides is 1. The van der Waals surface area contributed by atoms with E-state index in [-0.39, 0.29) is 5.57 Å². The van der Waals surface area contributed by atoms with Crippen molar-refractivity contribution in [3.63, 3.8) is 0 Å². The Morgan fingerprint density at radius 3 is 2.37 bits per heavy atom. The van der Waals surface area contributed by atoms with Gasteiger partial charge in [0.2, 0.25) is 5.78 Å². The van der Waals surface area contributed by atoms with Crippen molar-refractivity contribution in [2.75, 3.05) is 4.90 Å². The minimum atomic E-state index is -0.785. The largest absolute Gasteiger partial charge is 0.503 e. The third-order valence-electron chi connectivity index (χ3n) is 6.12. The Morgan fingerprint density at radius 1 is 1.03 bits per heavy atom. The lowest BCUT2D eigenvalue weighted by Gasteiger charge is -2.27. The normalized spacial score (nSPS) is 15.7. The number of pyridine rings is 1. The van der Waals surface area contributed by atoms with Crippen LogP contribution in [-0.4, -0.2) is 26.8 Å². The monoisotopic (exact) mass is 481 g/mol. The number of carbonyl (C=O) groups is 2. The average Bonchev–Trinajstić information content (AvgIpc) is 3.42. The Morgan fingerprint density at radius 2 is 1.71 bits per heavy atom. The maximum atomic E-state index is 13.9. The van der Waals surface area contributed by atoms with Crippen molar-refractivity contribution >= 4 is 28.7 Å². The molecule has 0 spiro atoms. The van der Waals surface area contributed by atoms with Crippen LogP contribution in [0.25, 0.3) is 10.6 Å². The molecule has 1 N–H and O–H groups in total. The highest BCUT2D eigenvalue weighted by Crippen LogP contribution is 2.43. The average molecular weight is 482 g/mol. The van der Waals surface area contributed by atoms with Gasteiger partial charge in [-0.3, -0.25) is 19.5 Å². The molecular weight excluding hydrogens is 458 g/mol. The first-order valence-corrected chi connectivity index (χ1v) is 12.1. The predicted molar refractivity (Wildman–Crippen MR) is 137 cm³/mol. The highest BCUT2D eigenvalue weighted by atomic mass is 32.1. The van der Waals surface area contributed by atoms with Crippen molar-refractivity contribution in [2.24, 2.45) is 0 Å². The van der Waals surface area contributed by atoms with Crippen LogP contribution < -0.4 is 4.90 Å². The van der Waals surface area contributed by atoms with Gasteiger partial charge in [-0.15, -0.1) is 11.3 Å². The van der Waals surface area contributed by atoms with Crippen LogP contribution in [0.4, 0.5) is 5.69 Å². The van der Waals surface area contributed by atoms with Crippen molar-refractivity contribution in [3.8, 4) is 10.6 Å². The highest BCUT2D eigenvalue weighted by Gasteiger charge is 2.45.